The molecule has 328 valence electrons. The van der Waals surface area contributed by atoms with Gasteiger partial charge in [0.25, 0.3) is 0 Å². The largest absolute Gasteiger partial charge is 0.507 e. The number of nitrogens with zero attached hydrogens (tertiary/aromatic N) is 5. The molecule has 0 saturated heterocycles. The van der Waals surface area contributed by atoms with Crippen LogP contribution in [0.3, 0.4) is 0 Å². The number of para-hydroxylation sites is 2. The predicted molar refractivity (Wildman–Crippen MR) is 267 cm³/mol. The van der Waals surface area contributed by atoms with Crippen LogP contribution >= 0.6 is 0 Å². The van der Waals surface area contributed by atoms with Crippen molar-refractivity contribution in [1.29, 1.82) is 0 Å². The molecule has 0 unspecified atom stereocenters. The molecule has 7 heteroatoms. The van der Waals surface area contributed by atoms with Crippen molar-refractivity contribution in [3.05, 3.63) is 155 Å². The number of rotatable bonds is 4. The maximum absolute atomic E-state index is 12.6. The van der Waals surface area contributed by atoms with Crippen LogP contribution in [0.4, 0.5) is 0 Å². The molecule has 0 fully saturated rings. The van der Waals surface area contributed by atoms with Gasteiger partial charge in [0.15, 0.2) is 0 Å². The van der Waals surface area contributed by atoms with Crippen molar-refractivity contribution in [3.63, 3.8) is 0 Å². The van der Waals surface area contributed by atoms with Crippen LogP contribution in [0.15, 0.2) is 121 Å². The molecule has 11 rings (SSSR count). The normalized spacial score (nSPS) is 12.8. The van der Waals surface area contributed by atoms with Crippen LogP contribution in [0, 0.1) is 19.9 Å². The second-order valence-corrected chi connectivity index (χ2v) is 20.9. The van der Waals surface area contributed by atoms with Gasteiger partial charge in [-0.25, -0.2) is 4.98 Å². The Morgan fingerprint density at radius 3 is 2.00 bits per heavy atom. The standard InChI is InChI=1S/C58H54N5O.Pt/c1-33-34(2)55-62-47-22-16-15-20-40(47)42-28-36(29-43(51(42)62)53-59-27-26-46(33)63(53)55)39-21-17-23-49-50(39)60-54(44-31-38(57(6,7)8)32-45(52(44)64)58(9,10)11)61(49)48-25-24-37(56(3,4)5)30-41(48)35-18-13-12-14-19-35;/h12-28,30-32,64H,1-11H3;/q-1;. The number of phenols is 1. The van der Waals surface area contributed by atoms with Crippen molar-refractivity contribution in [2.75, 3.05) is 0 Å². The molecule has 1 N–H and O–H groups in total. The van der Waals surface area contributed by atoms with Crippen LogP contribution < -0.4 is 0 Å². The number of hydrogen-bond donors (Lipinski definition) is 1. The van der Waals surface area contributed by atoms with E-state index in [2.05, 4.69) is 211 Å². The summed E-state index contributed by atoms with van der Waals surface area (Å²) in [7, 11) is 0. The van der Waals surface area contributed by atoms with Gasteiger partial charge in [0.2, 0.25) is 0 Å². The zero-order chi connectivity index (χ0) is 44.8. The SMILES string of the molecule is Cc1c(C)c2n3c1ccnc3c1[c-]c(-c3cccc4c3nc(-c3cc(C(C)(C)C)cc(C(C)(C)C)c3O)n4-c3ccc(C(C)(C)C)cc3-c3ccccc3)cc3c4ccccc4n2c13.[Pt]. The van der Waals surface area contributed by atoms with Gasteiger partial charge in [0, 0.05) is 49.4 Å². The Morgan fingerprint density at radius 1 is 0.585 bits per heavy atom. The predicted octanol–water partition coefficient (Wildman–Crippen LogP) is 14.8. The molecule has 5 aromatic heterocycles. The number of aryl methyl sites for hydroxylation is 2. The molecule has 0 aliphatic heterocycles. The number of aromatic nitrogens is 5. The smallest absolute Gasteiger partial charge is 0.148 e. The first kappa shape index (κ1) is 42.7. The molecule has 6 aromatic carbocycles. The minimum absolute atomic E-state index is 0. The summed E-state index contributed by atoms with van der Waals surface area (Å²) in [6.07, 6.45) is 1.93. The Kier molecular flexibility index (Phi) is 9.62. The van der Waals surface area contributed by atoms with E-state index >= 15 is 0 Å². The third-order valence-corrected chi connectivity index (χ3v) is 13.7. The van der Waals surface area contributed by atoms with Gasteiger partial charge < -0.3 is 13.9 Å². The average molecular weight is 1030 g/mol. The number of fused-ring (bicyclic) bond motifs is 6. The van der Waals surface area contributed by atoms with Crippen LogP contribution in [0.1, 0.15) is 90.1 Å². The summed E-state index contributed by atoms with van der Waals surface area (Å²) in [5.41, 5.74) is 18.2. The van der Waals surface area contributed by atoms with Crippen LogP contribution in [-0.4, -0.2) is 28.4 Å². The first-order chi connectivity index (χ1) is 30.4. The van der Waals surface area contributed by atoms with Crippen molar-refractivity contribution in [1.82, 2.24) is 23.3 Å². The van der Waals surface area contributed by atoms with Crippen LogP contribution in [0.25, 0.3) is 94.4 Å². The fourth-order valence-electron chi connectivity index (χ4n) is 10.1. The van der Waals surface area contributed by atoms with Gasteiger partial charge in [-0.05, 0) is 105 Å². The van der Waals surface area contributed by atoms with E-state index in [1.807, 2.05) is 6.20 Å². The Balaban J connectivity index is 0.00000498. The number of benzene rings is 6. The van der Waals surface area contributed by atoms with E-state index in [1.54, 1.807) is 0 Å². The summed E-state index contributed by atoms with van der Waals surface area (Å²) < 4.78 is 7.02. The monoisotopic (exact) mass is 1030 g/mol. The first-order valence-electron chi connectivity index (χ1n) is 22.5. The molecule has 65 heavy (non-hydrogen) atoms. The van der Waals surface area contributed by atoms with Gasteiger partial charge in [-0.1, -0.05) is 151 Å². The number of hydrogen-bond acceptors (Lipinski definition) is 3. The average Bonchev–Trinajstić information content (AvgIpc) is 3.89. The molecule has 0 amide bonds. The summed E-state index contributed by atoms with van der Waals surface area (Å²) >= 11 is 0. The van der Waals surface area contributed by atoms with Crippen molar-refractivity contribution in [2.24, 2.45) is 0 Å². The molecule has 0 atom stereocenters. The van der Waals surface area contributed by atoms with Crippen LogP contribution in [-0.2, 0) is 37.3 Å². The zero-order valence-electron chi connectivity index (χ0n) is 39.0. The third kappa shape index (κ3) is 6.38. The maximum Gasteiger partial charge on any atom is 0.148 e. The van der Waals surface area contributed by atoms with Crippen LogP contribution in [0.5, 0.6) is 5.75 Å². The Hall–Kier alpha value is -6.23. The quantitative estimate of drug-likeness (QED) is 0.141. The maximum atomic E-state index is 12.6. The summed E-state index contributed by atoms with van der Waals surface area (Å²) in [6.45, 7) is 24.4. The van der Waals surface area contributed by atoms with Gasteiger partial charge in [0.05, 0.1) is 27.9 Å². The first-order valence-corrected chi connectivity index (χ1v) is 22.5. The van der Waals surface area contributed by atoms with Crippen LogP contribution in [0.2, 0.25) is 0 Å². The van der Waals surface area contributed by atoms with E-state index in [-0.39, 0.29) is 43.1 Å². The van der Waals surface area contributed by atoms with E-state index < -0.39 is 0 Å². The molecule has 11 aromatic rings. The molecule has 0 aliphatic carbocycles. The molecule has 0 spiro atoms. The number of aromatic hydroxyl groups is 1. The van der Waals surface area contributed by atoms with E-state index in [0.717, 1.165) is 88.7 Å². The Labute approximate surface area is 395 Å². The summed E-state index contributed by atoms with van der Waals surface area (Å²) in [5, 5.41) is 15.9. The van der Waals surface area contributed by atoms with Gasteiger partial charge in [0.1, 0.15) is 17.2 Å². The number of imidazole rings is 1. The number of phenolic OH excluding ortho intramolecular Hbond substituents is 1. The minimum atomic E-state index is -0.329. The fourth-order valence-corrected chi connectivity index (χ4v) is 10.1. The molecule has 0 bridgehead atoms. The molecule has 0 saturated carbocycles. The molecule has 6 nitrogen and oxygen atoms in total. The Bertz CT molecular complexity index is 3700. The molecular weight excluding hydrogens is 978 g/mol. The van der Waals surface area contributed by atoms with E-state index in [1.165, 1.54) is 22.1 Å². The Morgan fingerprint density at radius 2 is 1.28 bits per heavy atom. The minimum Gasteiger partial charge on any atom is -0.507 e. The molecule has 5 heterocycles. The summed E-state index contributed by atoms with van der Waals surface area (Å²) in [5.74, 6) is 0.939. The van der Waals surface area contributed by atoms with Crippen molar-refractivity contribution >= 4 is 55.0 Å². The van der Waals surface area contributed by atoms with Crippen molar-refractivity contribution in [3.8, 4) is 45.1 Å². The zero-order valence-corrected chi connectivity index (χ0v) is 41.3. The third-order valence-electron chi connectivity index (χ3n) is 13.7. The van der Waals surface area contributed by atoms with Crippen molar-refractivity contribution in [2.45, 2.75) is 92.4 Å². The molecule has 0 aliphatic rings. The van der Waals surface area contributed by atoms with E-state index in [9.17, 15) is 5.11 Å². The van der Waals surface area contributed by atoms with Gasteiger partial charge in [-0.2, -0.15) is 0 Å². The fraction of sp³-hybridized carbons (Fsp3) is 0.241. The summed E-state index contributed by atoms with van der Waals surface area (Å²) in [4.78, 5) is 10.8. The second kappa shape index (κ2) is 14.6. The van der Waals surface area contributed by atoms with Gasteiger partial charge >= 0.3 is 0 Å². The summed E-state index contributed by atoms with van der Waals surface area (Å²) in [6, 6.07) is 45.4. The molecule has 0 radical (unpaired) electrons. The van der Waals surface area contributed by atoms with Gasteiger partial charge in [-0.3, -0.25) is 9.55 Å². The van der Waals surface area contributed by atoms with E-state index in [0.29, 0.717) is 11.4 Å². The molecular formula is C58H54N5OPt-. The van der Waals surface area contributed by atoms with Gasteiger partial charge in [-0.15, -0.1) is 17.7 Å². The van der Waals surface area contributed by atoms with E-state index in [4.69, 9.17) is 9.97 Å². The van der Waals surface area contributed by atoms with Crippen molar-refractivity contribution < 1.29 is 26.2 Å². The topological polar surface area (TPSA) is 59.8 Å². The second-order valence-electron chi connectivity index (χ2n) is 20.9.